The Hall–Kier alpha value is -1.05. The number of carbonyl (C=O) groups is 2. The summed E-state index contributed by atoms with van der Waals surface area (Å²) in [5.74, 6) is -0.875. The van der Waals surface area contributed by atoms with Gasteiger partial charge >= 0.3 is 0 Å². The van der Waals surface area contributed by atoms with Crippen molar-refractivity contribution in [2.75, 3.05) is 0 Å². The second kappa shape index (κ2) is 4.85. The average molecular weight is 209 g/mol. The highest BCUT2D eigenvalue weighted by atomic mass is 35.7. The maximum atomic E-state index is 10.3. The first kappa shape index (κ1) is 11.9. The molecular formula is C6H5ClO6. The van der Waals surface area contributed by atoms with E-state index in [1.807, 2.05) is 0 Å². The molecule has 0 aromatic carbocycles. The fourth-order valence-electron chi connectivity index (χ4n) is 0.450. The Labute approximate surface area is 75.1 Å². The molecule has 0 saturated heterocycles. The fraction of sp³-hybridized carbons (Fsp3) is 0. The van der Waals surface area contributed by atoms with Crippen LogP contribution in [0.5, 0.6) is 0 Å². The van der Waals surface area contributed by atoms with Gasteiger partial charge in [-0.3, -0.25) is 9.59 Å². The third-order valence-corrected chi connectivity index (χ3v) is 0.849. The van der Waals surface area contributed by atoms with E-state index in [4.69, 9.17) is 18.6 Å². The first-order valence-corrected chi connectivity index (χ1v) is 4.13. The summed E-state index contributed by atoms with van der Waals surface area (Å²) in [6.45, 7) is 0. The van der Waals surface area contributed by atoms with Gasteiger partial charge < -0.3 is 0 Å². The predicted octanol–water partition coefficient (Wildman–Crippen LogP) is -3.87. The SMILES string of the molecule is O=C1C=CC=CC1=O.[O-][Cl+3]([O-])([O-])O. The lowest BCUT2D eigenvalue weighted by Crippen LogP contribution is -2.58. The summed E-state index contributed by atoms with van der Waals surface area (Å²) in [6, 6.07) is 0. The smallest absolute Gasteiger partial charge is 0.225 e. The number of hydrogen-bond acceptors (Lipinski definition) is 6. The van der Waals surface area contributed by atoms with Crippen LogP contribution in [-0.2, 0) is 9.59 Å². The van der Waals surface area contributed by atoms with Crippen LogP contribution in [0, 0.1) is 10.2 Å². The number of allylic oxidation sites excluding steroid dienone is 4. The average Bonchev–Trinajstić information content (AvgIpc) is 1.92. The molecule has 1 aliphatic carbocycles. The molecule has 0 saturated carbocycles. The fourth-order valence-corrected chi connectivity index (χ4v) is 0.450. The van der Waals surface area contributed by atoms with Crippen LogP contribution in [0.1, 0.15) is 0 Å². The summed E-state index contributed by atoms with van der Waals surface area (Å²) in [4.78, 5) is 20.6. The van der Waals surface area contributed by atoms with Crippen molar-refractivity contribution in [3.63, 3.8) is 0 Å². The Morgan fingerprint density at radius 1 is 1.00 bits per heavy atom. The van der Waals surface area contributed by atoms with E-state index in [0.29, 0.717) is 0 Å². The normalized spacial score (nSPS) is 15.4. The molecule has 72 valence electrons. The minimum absolute atomic E-state index is 0.437. The van der Waals surface area contributed by atoms with Crippen LogP contribution in [-0.4, -0.2) is 16.2 Å². The third kappa shape index (κ3) is 8.86. The van der Waals surface area contributed by atoms with Crippen molar-refractivity contribution >= 4 is 11.6 Å². The molecule has 1 rings (SSSR count). The van der Waals surface area contributed by atoms with Gasteiger partial charge in [-0.15, -0.1) is 0 Å². The Kier molecular flexibility index (Phi) is 4.46. The third-order valence-electron chi connectivity index (χ3n) is 0.849. The summed E-state index contributed by atoms with van der Waals surface area (Å²) in [5.41, 5.74) is 0. The maximum Gasteiger partial charge on any atom is 0.225 e. The number of rotatable bonds is 0. The monoisotopic (exact) mass is 208 g/mol. The number of ketones is 2. The van der Waals surface area contributed by atoms with Crippen molar-refractivity contribution in [3.8, 4) is 0 Å². The molecule has 0 radical (unpaired) electrons. The lowest BCUT2D eigenvalue weighted by atomic mass is 10.1. The van der Waals surface area contributed by atoms with Gasteiger partial charge in [-0.1, -0.05) is 12.2 Å². The maximum absolute atomic E-state index is 10.3. The van der Waals surface area contributed by atoms with Gasteiger partial charge in [0.2, 0.25) is 11.6 Å². The van der Waals surface area contributed by atoms with Crippen LogP contribution < -0.4 is 14.0 Å². The minimum atomic E-state index is -4.69. The van der Waals surface area contributed by atoms with Gasteiger partial charge in [0, 0.05) is 0 Å². The second-order valence-electron chi connectivity index (χ2n) is 1.84. The van der Waals surface area contributed by atoms with Crippen LogP contribution >= 0.6 is 0 Å². The largest absolute Gasteiger partial charge is 0.286 e. The Bertz CT molecular complexity index is 233. The molecule has 6 nitrogen and oxygen atoms in total. The summed E-state index contributed by atoms with van der Waals surface area (Å²) in [6.07, 6.45) is 5.60. The van der Waals surface area contributed by atoms with Gasteiger partial charge in [0.25, 0.3) is 0 Å². The molecular weight excluding hydrogens is 204 g/mol. The molecule has 0 unspecified atom stereocenters. The molecule has 0 bridgehead atoms. The van der Waals surface area contributed by atoms with Crippen LogP contribution in [0.2, 0.25) is 0 Å². The van der Waals surface area contributed by atoms with E-state index in [2.05, 4.69) is 0 Å². The highest BCUT2D eigenvalue weighted by Crippen LogP contribution is 1.90. The molecule has 1 aliphatic rings. The molecule has 0 heterocycles. The lowest BCUT2D eigenvalue weighted by molar-refractivity contribution is -1.92. The highest BCUT2D eigenvalue weighted by molar-refractivity contribution is 6.46. The standard InChI is InChI=1S/C6H4O2.ClHO4/c7-5-3-1-2-4-6(5)8;2-1(3,4)5/h1-4H;(H,2,3,4,5). The van der Waals surface area contributed by atoms with E-state index in [1.54, 1.807) is 12.2 Å². The zero-order valence-electron chi connectivity index (χ0n) is 6.18. The van der Waals surface area contributed by atoms with Crippen LogP contribution in [0.25, 0.3) is 0 Å². The molecule has 0 aliphatic heterocycles. The number of hydrogen-bond donors (Lipinski definition) is 1. The molecule has 0 aromatic rings. The Morgan fingerprint density at radius 3 is 1.38 bits per heavy atom. The quantitative estimate of drug-likeness (QED) is 0.321. The zero-order chi connectivity index (χ0) is 10.5. The van der Waals surface area contributed by atoms with E-state index >= 15 is 0 Å². The molecule has 0 spiro atoms. The number of halogens is 1. The molecule has 0 atom stereocenters. The van der Waals surface area contributed by atoms with Crippen LogP contribution in [0.3, 0.4) is 0 Å². The van der Waals surface area contributed by atoms with Crippen molar-refractivity contribution in [1.82, 2.24) is 0 Å². The molecule has 0 aromatic heterocycles. The molecule has 0 amide bonds. The van der Waals surface area contributed by atoms with Gasteiger partial charge in [-0.25, -0.2) is 0 Å². The lowest BCUT2D eigenvalue weighted by Gasteiger charge is -2.03. The number of carbonyl (C=O) groups excluding carboxylic acids is 2. The van der Waals surface area contributed by atoms with E-state index in [1.165, 1.54) is 12.2 Å². The van der Waals surface area contributed by atoms with Gasteiger partial charge in [0.05, 0.1) is 14.9 Å². The van der Waals surface area contributed by atoms with Gasteiger partial charge in [-0.05, 0) is 12.2 Å². The zero-order valence-corrected chi connectivity index (χ0v) is 6.93. The molecule has 0 fully saturated rings. The van der Waals surface area contributed by atoms with E-state index in [-0.39, 0.29) is 0 Å². The van der Waals surface area contributed by atoms with Crippen molar-refractivity contribution in [2.24, 2.45) is 0 Å². The van der Waals surface area contributed by atoms with Crippen molar-refractivity contribution in [1.29, 1.82) is 0 Å². The Balaban J connectivity index is 0.000000252. The summed E-state index contributed by atoms with van der Waals surface area (Å²) in [5, 5.41) is 0. The first-order valence-electron chi connectivity index (χ1n) is 2.87. The molecule has 13 heavy (non-hydrogen) atoms. The molecule has 7 heteroatoms. The van der Waals surface area contributed by atoms with Gasteiger partial charge in [0.1, 0.15) is 0 Å². The first-order chi connectivity index (χ1) is 5.80. The van der Waals surface area contributed by atoms with Crippen molar-refractivity contribution < 1.29 is 38.5 Å². The van der Waals surface area contributed by atoms with Gasteiger partial charge in [0.15, 0.2) is 0 Å². The molecule has 1 N–H and O–H groups in total. The summed E-state index contributed by atoms with van der Waals surface area (Å²) < 4.78 is 32.7. The predicted molar refractivity (Wildman–Crippen MR) is 30.5 cm³/mol. The van der Waals surface area contributed by atoms with Crippen LogP contribution in [0.15, 0.2) is 24.3 Å². The second-order valence-corrected chi connectivity index (χ2v) is 2.63. The highest BCUT2D eigenvalue weighted by Gasteiger charge is 2.06. The Morgan fingerprint density at radius 2 is 1.23 bits per heavy atom. The summed E-state index contributed by atoms with van der Waals surface area (Å²) in [7, 11) is -4.69. The summed E-state index contributed by atoms with van der Waals surface area (Å²) >= 11 is 0. The van der Waals surface area contributed by atoms with Crippen molar-refractivity contribution in [2.45, 2.75) is 0 Å². The van der Waals surface area contributed by atoms with E-state index in [9.17, 15) is 9.59 Å². The topological polar surface area (TPSA) is 124 Å². The van der Waals surface area contributed by atoms with Gasteiger partial charge in [-0.2, -0.15) is 14.0 Å². The van der Waals surface area contributed by atoms with E-state index < -0.39 is 21.8 Å². The van der Waals surface area contributed by atoms with Crippen LogP contribution in [0.4, 0.5) is 0 Å². The van der Waals surface area contributed by atoms with E-state index in [0.717, 1.165) is 0 Å². The van der Waals surface area contributed by atoms with Crippen molar-refractivity contribution in [3.05, 3.63) is 24.3 Å². The minimum Gasteiger partial charge on any atom is -0.286 e.